The average molecular weight is 335 g/mol. The Bertz CT molecular complexity index is 824. The Morgan fingerprint density at radius 3 is 2.74 bits per heavy atom. The van der Waals surface area contributed by atoms with Gasteiger partial charge in [0.1, 0.15) is 4.47 Å². The topological polar surface area (TPSA) is 51.4 Å². The van der Waals surface area contributed by atoms with Crippen LogP contribution in [0.2, 0.25) is 0 Å². The van der Waals surface area contributed by atoms with Crippen molar-refractivity contribution in [2.24, 2.45) is 0 Å². The van der Waals surface area contributed by atoms with E-state index in [4.69, 9.17) is 0 Å². The Labute approximate surface area is 120 Å². The van der Waals surface area contributed by atoms with Crippen LogP contribution in [0.5, 0.6) is 0 Å². The van der Waals surface area contributed by atoms with Gasteiger partial charge in [-0.25, -0.2) is 4.98 Å². The number of carbonyl (C=O) groups is 1. The minimum Gasteiger partial charge on any atom is -0.288 e. The van der Waals surface area contributed by atoms with E-state index in [1.54, 1.807) is 12.1 Å². The Morgan fingerprint density at radius 1 is 1.26 bits per heavy atom. The quantitative estimate of drug-likeness (QED) is 0.677. The smallest absolute Gasteiger partial charge is 0.272 e. The van der Waals surface area contributed by atoms with E-state index in [1.165, 1.54) is 28.1 Å². The molecule has 94 valence electrons. The molecule has 0 amide bonds. The first-order chi connectivity index (χ1) is 9.16. The lowest BCUT2D eigenvalue weighted by molar-refractivity contribution is 0.104. The van der Waals surface area contributed by atoms with E-state index in [1.807, 2.05) is 18.2 Å². The fourth-order valence-corrected chi connectivity index (χ4v) is 2.90. The van der Waals surface area contributed by atoms with Crippen LogP contribution >= 0.6 is 27.3 Å². The number of fused-ring (bicyclic) bond motifs is 1. The summed E-state index contributed by atoms with van der Waals surface area (Å²) in [5.41, 5.74) is 0.384. The fourth-order valence-electron chi connectivity index (χ4n) is 1.70. The minimum absolute atomic E-state index is 0.105. The predicted molar refractivity (Wildman–Crippen MR) is 76.9 cm³/mol. The predicted octanol–water partition coefficient (Wildman–Crippen LogP) is 2.75. The highest BCUT2D eigenvalue weighted by Crippen LogP contribution is 2.19. The molecule has 0 saturated carbocycles. The van der Waals surface area contributed by atoms with Gasteiger partial charge in [-0.15, -0.1) is 0 Å². The van der Waals surface area contributed by atoms with Gasteiger partial charge in [-0.2, -0.15) is 0 Å². The third-order valence-electron chi connectivity index (χ3n) is 2.62. The number of nitrogens with zero attached hydrogens (tertiary/aromatic N) is 2. The van der Waals surface area contributed by atoms with Crippen molar-refractivity contribution in [2.75, 3.05) is 0 Å². The second-order valence-corrected chi connectivity index (χ2v) is 5.72. The van der Waals surface area contributed by atoms with Gasteiger partial charge in [-0.3, -0.25) is 14.0 Å². The second kappa shape index (κ2) is 4.71. The number of hydrogen-bond acceptors (Lipinski definition) is 4. The maximum Gasteiger partial charge on any atom is 0.272 e. The first-order valence-corrected chi connectivity index (χ1v) is 7.04. The van der Waals surface area contributed by atoms with Gasteiger partial charge in [0.25, 0.3) is 5.56 Å². The van der Waals surface area contributed by atoms with Crippen LogP contribution in [0.3, 0.4) is 0 Å². The summed E-state index contributed by atoms with van der Waals surface area (Å²) in [5, 5.41) is 0. The number of ketones is 1. The molecule has 0 fully saturated rings. The highest BCUT2D eigenvalue weighted by atomic mass is 79.9. The fraction of sp³-hybridized carbons (Fsp3) is 0. The van der Waals surface area contributed by atoms with E-state index in [0.717, 1.165) is 0 Å². The summed E-state index contributed by atoms with van der Waals surface area (Å²) in [6.45, 7) is 0. The van der Waals surface area contributed by atoms with Crippen LogP contribution in [0.15, 0.2) is 52.0 Å². The molecule has 0 aliphatic heterocycles. The number of aromatic nitrogens is 2. The van der Waals surface area contributed by atoms with Crippen molar-refractivity contribution in [2.45, 2.75) is 0 Å². The Morgan fingerprint density at radius 2 is 2.00 bits per heavy atom. The zero-order valence-corrected chi connectivity index (χ0v) is 11.9. The molecular weight excluding hydrogens is 328 g/mol. The van der Waals surface area contributed by atoms with Gasteiger partial charge in [0, 0.05) is 18.0 Å². The SMILES string of the molecule is O=C(c1ccccc1)c1cn2c(=O)c(Br)cnc2s1. The molecule has 4 nitrogen and oxygen atoms in total. The Kier molecular flexibility index (Phi) is 3.04. The summed E-state index contributed by atoms with van der Waals surface area (Å²) in [5.74, 6) is -0.105. The van der Waals surface area contributed by atoms with E-state index in [9.17, 15) is 9.59 Å². The normalized spacial score (nSPS) is 10.8. The number of rotatable bonds is 2. The number of halogens is 1. The van der Waals surface area contributed by atoms with Crippen LogP contribution in [0.1, 0.15) is 15.2 Å². The van der Waals surface area contributed by atoms with Crippen molar-refractivity contribution in [3.63, 3.8) is 0 Å². The van der Waals surface area contributed by atoms with E-state index in [-0.39, 0.29) is 11.3 Å². The van der Waals surface area contributed by atoms with Crippen LogP contribution in [0.4, 0.5) is 0 Å². The molecule has 3 aromatic rings. The lowest BCUT2D eigenvalue weighted by atomic mass is 10.1. The lowest BCUT2D eigenvalue weighted by Crippen LogP contribution is -2.12. The molecule has 0 unspecified atom stereocenters. The highest BCUT2D eigenvalue weighted by molar-refractivity contribution is 9.10. The van der Waals surface area contributed by atoms with E-state index in [0.29, 0.717) is 19.9 Å². The van der Waals surface area contributed by atoms with Crippen molar-refractivity contribution in [3.05, 3.63) is 68.0 Å². The molecule has 19 heavy (non-hydrogen) atoms. The van der Waals surface area contributed by atoms with E-state index < -0.39 is 0 Å². The summed E-state index contributed by atoms with van der Waals surface area (Å²) in [6, 6.07) is 8.96. The van der Waals surface area contributed by atoms with Gasteiger partial charge >= 0.3 is 0 Å². The van der Waals surface area contributed by atoms with E-state index >= 15 is 0 Å². The zero-order valence-electron chi connectivity index (χ0n) is 9.54. The Balaban J connectivity index is 2.15. The maximum absolute atomic E-state index is 12.3. The van der Waals surface area contributed by atoms with Gasteiger partial charge in [-0.05, 0) is 15.9 Å². The maximum atomic E-state index is 12.3. The number of benzene rings is 1. The van der Waals surface area contributed by atoms with Crippen LogP contribution < -0.4 is 5.56 Å². The number of hydrogen-bond donors (Lipinski definition) is 0. The molecule has 1 aromatic carbocycles. The summed E-state index contributed by atoms with van der Waals surface area (Å²) >= 11 is 4.34. The standard InChI is InChI=1S/C13H7BrN2O2S/c14-9-6-15-13-16(12(9)18)7-10(19-13)11(17)8-4-2-1-3-5-8/h1-7H. The largest absolute Gasteiger partial charge is 0.288 e. The summed E-state index contributed by atoms with van der Waals surface area (Å²) in [4.78, 5) is 29.3. The van der Waals surface area contributed by atoms with Crippen molar-refractivity contribution >= 4 is 38.0 Å². The lowest BCUT2D eigenvalue weighted by Gasteiger charge is -1.95. The molecule has 0 aliphatic carbocycles. The van der Waals surface area contributed by atoms with Crippen LogP contribution in [-0.2, 0) is 0 Å². The van der Waals surface area contributed by atoms with E-state index in [2.05, 4.69) is 20.9 Å². The second-order valence-electron chi connectivity index (χ2n) is 3.85. The molecule has 6 heteroatoms. The van der Waals surface area contributed by atoms with Crippen molar-refractivity contribution in [3.8, 4) is 0 Å². The summed E-state index contributed by atoms with van der Waals surface area (Å²) in [7, 11) is 0. The van der Waals surface area contributed by atoms with Gasteiger partial charge < -0.3 is 0 Å². The first-order valence-electron chi connectivity index (χ1n) is 5.43. The average Bonchev–Trinajstić information content (AvgIpc) is 2.88. The van der Waals surface area contributed by atoms with Gasteiger partial charge in [0.15, 0.2) is 4.96 Å². The van der Waals surface area contributed by atoms with Crippen molar-refractivity contribution < 1.29 is 4.79 Å². The van der Waals surface area contributed by atoms with Gasteiger partial charge in [0.2, 0.25) is 5.78 Å². The van der Waals surface area contributed by atoms with Crippen LogP contribution in [0, 0.1) is 0 Å². The summed E-state index contributed by atoms with van der Waals surface area (Å²) in [6.07, 6.45) is 2.99. The van der Waals surface area contributed by atoms with Crippen molar-refractivity contribution in [1.29, 1.82) is 0 Å². The third kappa shape index (κ3) is 2.13. The van der Waals surface area contributed by atoms with Crippen LogP contribution in [0.25, 0.3) is 4.96 Å². The first kappa shape index (κ1) is 12.3. The highest BCUT2D eigenvalue weighted by Gasteiger charge is 2.14. The third-order valence-corrected chi connectivity index (χ3v) is 4.16. The molecule has 3 rings (SSSR count). The molecule has 0 spiro atoms. The Hall–Kier alpha value is -1.79. The molecule has 0 N–H and O–H groups in total. The van der Waals surface area contributed by atoms with Crippen LogP contribution in [-0.4, -0.2) is 15.2 Å². The number of thiazole rings is 1. The molecule has 2 aromatic heterocycles. The zero-order chi connectivity index (χ0) is 13.4. The minimum atomic E-state index is -0.214. The molecule has 0 aliphatic rings. The molecule has 2 heterocycles. The molecule has 0 radical (unpaired) electrons. The number of carbonyl (C=O) groups excluding carboxylic acids is 1. The molecular formula is C13H7BrN2O2S. The monoisotopic (exact) mass is 334 g/mol. The molecule has 0 atom stereocenters. The molecule has 0 saturated heterocycles. The molecule has 0 bridgehead atoms. The van der Waals surface area contributed by atoms with Crippen molar-refractivity contribution in [1.82, 2.24) is 9.38 Å². The van der Waals surface area contributed by atoms with Gasteiger partial charge in [0.05, 0.1) is 4.88 Å². The van der Waals surface area contributed by atoms with Gasteiger partial charge in [-0.1, -0.05) is 41.7 Å². The summed E-state index contributed by atoms with van der Waals surface area (Å²) < 4.78 is 1.76.